The molecule has 0 saturated heterocycles. The van der Waals surface area contributed by atoms with Gasteiger partial charge < -0.3 is 9.15 Å². The number of methoxy groups -OCH3 is 1. The Bertz CT molecular complexity index is 505. The number of rotatable bonds is 3. The van der Waals surface area contributed by atoms with Gasteiger partial charge in [0.25, 0.3) is 5.22 Å². The number of hydrogen-bond donors (Lipinski definition) is 0. The van der Waals surface area contributed by atoms with Crippen molar-refractivity contribution in [3.8, 4) is 5.75 Å². The minimum atomic E-state index is 0.247. The van der Waals surface area contributed by atoms with E-state index in [1.54, 1.807) is 6.92 Å². The van der Waals surface area contributed by atoms with E-state index >= 15 is 0 Å². The Morgan fingerprint density at radius 2 is 2.19 bits per heavy atom. The molecule has 0 N–H and O–H groups in total. The Morgan fingerprint density at radius 3 is 2.81 bits per heavy atom. The molecule has 6 nitrogen and oxygen atoms in total. The summed E-state index contributed by atoms with van der Waals surface area (Å²) in [5.74, 6) is 0.881. The lowest BCUT2D eigenvalue weighted by Crippen LogP contribution is -1.92. The second kappa shape index (κ2) is 4.67. The second-order valence-corrected chi connectivity index (χ2v) is 3.99. The molecule has 2 aromatic rings. The Hall–Kier alpha value is -1.34. The van der Waals surface area contributed by atoms with Gasteiger partial charge in [0.1, 0.15) is 6.33 Å². The summed E-state index contributed by atoms with van der Waals surface area (Å²) in [6.45, 7) is 1.71. The smallest absolute Gasteiger partial charge is 0.283 e. The Kier molecular flexibility index (Phi) is 3.25. The van der Waals surface area contributed by atoms with Crippen molar-refractivity contribution in [2.75, 3.05) is 7.11 Å². The number of aromatic nitrogens is 4. The Balaban J connectivity index is 2.30. The van der Waals surface area contributed by atoms with Gasteiger partial charge in [-0.05, 0) is 11.8 Å². The van der Waals surface area contributed by atoms with Gasteiger partial charge in [0, 0.05) is 6.92 Å². The summed E-state index contributed by atoms with van der Waals surface area (Å²) >= 11 is 7.02. The molecule has 0 aliphatic heterocycles. The van der Waals surface area contributed by atoms with Crippen molar-refractivity contribution < 1.29 is 9.15 Å². The quantitative estimate of drug-likeness (QED) is 0.779. The first kappa shape index (κ1) is 11.2. The molecule has 2 heterocycles. The number of nitrogens with zero attached hydrogens (tertiary/aromatic N) is 4. The van der Waals surface area contributed by atoms with E-state index in [0.29, 0.717) is 21.9 Å². The highest BCUT2D eigenvalue weighted by molar-refractivity contribution is 7.99. The first-order chi connectivity index (χ1) is 7.70. The summed E-state index contributed by atoms with van der Waals surface area (Å²) in [6.07, 6.45) is 1.34. The minimum Gasteiger partial charge on any atom is -0.491 e. The maximum atomic E-state index is 5.84. The average Bonchev–Trinajstić information content (AvgIpc) is 2.64. The molecule has 0 aliphatic carbocycles. The fourth-order valence-corrected chi connectivity index (χ4v) is 2.03. The molecule has 8 heteroatoms. The molecule has 0 amide bonds. The molecule has 2 aromatic heterocycles. The molecule has 0 saturated carbocycles. The van der Waals surface area contributed by atoms with Crippen molar-refractivity contribution in [3.63, 3.8) is 0 Å². The molecule has 84 valence electrons. The third kappa shape index (κ3) is 2.25. The van der Waals surface area contributed by atoms with E-state index in [-0.39, 0.29) is 5.15 Å². The topological polar surface area (TPSA) is 73.9 Å². The van der Waals surface area contributed by atoms with E-state index in [4.69, 9.17) is 20.8 Å². The number of halogens is 1. The zero-order valence-electron chi connectivity index (χ0n) is 8.47. The molecule has 0 aromatic carbocycles. The normalized spacial score (nSPS) is 10.4. The fraction of sp³-hybridized carbons (Fsp3) is 0.250. The third-order valence-electron chi connectivity index (χ3n) is 1.62. The molecule has 0 radical (unpaired) electrons. The van der Waals surface area contributed by atoms with Crippen LogP contribution in [-0.4, -0.2) is 27.3 Å². The van der Waals surface area contributed by atoms with Gasteiger partial charge in [-0.2, -0.15) is 0 Å². The van der Waals surface area contributed by atoms with Crippen LogP contribution in [0.4, 0.5) is 0 Å². The minimum absolute atomic E-state index is 0.247. The lowest BCUT2D eigenvalue weighted by Gasteiger charge is -2.04. The Morgan fingerprint density at radius 1 is 1.38 bits per heavy atom. The van der Waals surface area contributed by atoms with Crippen LogP contribution in [0.3, 0.4) is 0 Å². The number of aryl methyl sites for hydroxylation is 1. The van der Waals surface area contributed by atoms with Crippen LogP contribution in [-0.2, 0) is 0 Å². The van der Waals surface area contributed by atoms with Crippen molar-refractivity contribution in [1.29, 1.82) is 0 Å². The van der Waals surface area contributed by atoms with Gasteiger partial charge in [-0.1, -0.05) is 11.6 Å². The van der Waals surface area contributed by atoms with Crippen molar-refractivity contribution >= 4 is 23.4 Å². The van der Waals surface area contributed by atoms with Gasteiger partial charge in [-0.15, -0.1) is 10.2 Å². The van der Waals surface area contributed by atoms with Gasteiger partial charge in [-0.3, -0.25) is 0 Å². The molecule has 0 fully saturated rings. The second-order valence-electron chi connectivity index (χ2n) is 2.69. The van der Waals surface area contributed by atoms with E-state index in [1.165, 1.54) is 25.2 Å². The molecular formula is C8H7ClN4O2S. The van der Waals surface area contributed by atoms with Crippen molar-refractivity contribution in [3.05, 3.63) is 17.4 Å². The van der Waals surface area contributed by atoms with E-state index in [9.17, 15) is 0 Å². The van der Waals surface area contributed by atoms with Crippen LogP contribution in [0.2, 0.25) is 5.15 Å². The van der Waals surface area contributed by atoms with Gasteiger partial charge >= 0.3 is 0 Å². The molecule has 0 spiro atoms. The molecule has 16 heavy (non-hydrogen) atoms. The van der Waals surface area contributed by atoms with Crippen LogP contribution < -0.4 is 4.74 Å². The van der Waals surface area contributed by atoms with Crippen LogP contribution in [0.25, 0.3) is 0 Å². The maximum absolute atomic E-state index is 5.84. The molecule has 2 rings (SSSR count). The van der Waals surface area contributed by atoms with Crippen molar-refractivity contribution in [2.24, 2.45) is 0 Å². The average molecular weight is 259 g/mol. The summed E-state index contributed by atoms with van der Waals surface area (Å²) in [7, 11) is 1.49. The van der Waals surface area contributed by atoms with Crippen molar-refractivity contribution in [1.82, 2.24) is 20.2 Å². The van der Waals surface area contributed by atoms with Gasteiger partial charge in [0.2, 0.25) is 5.89 Å². The first-order valence-electron chi connectivity index (χ1n) is 4.23. The van der Waals surface area contributed by atoms with Gasteiger partial charge in [-0.25, -0.2) is 9.97 Å². The first-order valence-corrected chi connectivity index (χ1v) is 5.42. The largest absolute Gasteiger partial charge is 0.491 e. The van der Waals surface area contributed by atoms with E-state index < -0.39 is 0 Å². The zero-order chi connectivity index (χ0) is 11.5. The fourth-order valence-electron chi connectivity index (χ4n) is 0.984. The monoisotopic (exact) mass is 258 g/mol. The van der Waals surface area contributed by atoms with E-state index in [2.05, 4.69) is 20.2 Å². The van der Waals surface area contributed by atoms with Crippen LogP contribution in [0.1, 0.15) is 5.89 Å². The highest BCUT2D eigenvalue weighted by Gasteiger charge is 2.14. The SMILES string of the molecule is COc1c(Cl)ncnc1Sc1nnc(C)o1. The third-order valence-corrected chi connectivity index (χ3v) is 2.72. The summed E-state index contributed by atoms with van der Waals surface area (Å²) in [4.78, 5) is 7.84. The van der Waals surface area contributed by atoms with Crippen LogP contribution in [0.5, 0.6) is 5.75 Å². The predicted octanol–water partition coefficient (Wildman–Crippen LogP) is 1.98. The molecule has 0 atom stereocenters. The van der Waals surface area contributed by atoms with E-state index in [0.717, 1.165) is 0 Å². The number of ether oxygens (including phenoxy) is 1. The summed E-state index contributed by atoms with van der Waals surface area (Å²) in [6, 6.07) is 0. The zero-order valence-corrected chi connectivity index (χ0v) is 10.0. The highest BCUT2D eigenvalue weighted by Crippen LogP contribution is 2.35. The van der Waals surface area contributed by atoms with Crippen LogP contribution in [0, 0.1) is 6.92 Å². The van der Waals surface area contributed by atoms with E-state index in [1.807, 2.05) is 0 Å². The lowest BCUT2D eigenvalue weighted by atomic mass is 10.6. The van der Waals surface area contributed by atoms with Crippen molar-refractivity contribution in [2.45, 2.75) is 17.2 Å². The molecule has 0 unspecified atom stereocenters. The predicted molar refractivity (Wildman–Crippen MR) is 56.8 cm³/mol. The van der Waals surface area contributed by atoms with Gasteiger partial charge in [0.05, 0.1) is 7.11 Å². The summed E-state index contributed by atoms with van der Waals surface area (Å²) < 4.78 is 10.3. The standard InChI is InChI=1S/C8H7ClN4O2S/c1-4-12-13-8(15-4)16-7-5(14-2)6(9)10-3-11-7/h3H,1-2H3. The van der Waals surface area contributed by atoms with Crippen LogP contribution in [0.15, 0.2) is 21.0 Å². The maximum Gasteiger partial charge on any atom is 0.283 e. The summed E-state index contributed by atoms with van der Waals surface area (Å²) in [5.41, 5.74) is 0. The molecular weight excluding hydrogens is 252 g/mol. The summed E-state index contributed by atoms with van der Waals surface area (Å²) in [5, 5.41) is 8.70. The van der Waals surface area contributed by atoms with Gasteiger partial charge in [0.15, 0.2) is 15.9 Å². The molecule has 0 bridgehead atoms. The highest BCUT2D eigenvalue weighted by atomic mass is 35.5. The number of hydrogen-bond acceptors (Lipinski definition) is 7. The Labute approximate surface area is 100 Å². The molecule has 0 aliphatic rings. The van der Waals surface area contributed by atoms with Crippen LogP contribution >= 0.6 is 23.4 Å². The lowest BCUT2D eigenvalue weighted by molar-refractivity contribution is 0.396.